The summed E-state index contributed by atoms with van der Waals surface area (Å²) < 4.78 is 10.7. The van der Waals surface area contributed by atoms with E-state index >= 15 is 0 Å². The summed E-state index contributed by atoms with van der Waals surface area (Å²) in [6, 6.07) is 0. The number of allylic oxidation sites excluding steroid dienone is 1. The molecule has 0 aliphatic rings. The molecule has 0 aromatic rings. The van der Waals surface area contributed by atoms with Crippen molar-refractivity contribution < 1.29 is 14.6 Å². The molecule has 0 rings (SSSR count). The monoisotopic (exact) mass is 216 g/mol. The summed E-state index contributed by atoms with van der Waals surface area (Å²) in [7, 11) is 0. The molecule has 90 valence electrons. The molecule has 0 aliphatic heterocycles. The van der Waals surface area contributed by atoms with Gasteiger partial charge in [0, 0.05) is 13.2 Å². The number of rotatable bonds is 11. The molecular weight excluding hydrogens is 192 g/mol. The van der Waals surface area contributed by atoms with Gasteiger partial charge >= 0.3 is 0 Å². The fourth-order valence-electron chi connectivity index (χ4n) is 1.06. The lowest BCUT2D eigenvalue weighted by Crippen LogP contribution is -2.05. The predicted octanol–water partition coefficient (Wildman–Crippen LogP) is 2.15. The van der Waals surface area contributed by atoms with E-state index in [-0.39, 0.29) is 6.61 Å². The summed E-state index contributed by atoms with van der Waals surface area (Å²) in [5, 5.41) is 8.48. The van der Waals surface area contributed by atoms with Crippen molar-refractivity contribution in [2.75, 3.05) is 33.0 Å². The van der Waals surface area contributed by atoms with Crippen LogP contribution in [0.2, 0.25) is 0 Å². The summed E-state index contributed by atoms with van der Waals surface area (Å²) >= 11 is 0. The number of aliphatic hydroxyl groups is 1. The van der Waals surface area contributed by atoms with Crippen molar-refractivity contribution in [3.8, 4) is 0 Å². The molecule has 0 spiro atoms. The molecule has 0 aliphatic carbocycles. The van der Waals surface area contributed by atoms with Gasteiger partial charge in [-0.05, 0) is 19.3 Å². The minimum absolute atomic E-state index is 0.131. The first kappa shape index (κ1) is 14.6. The Morgan fingerprint density at radius 3 is 2.20 bits per heavy atom. The van der Waals surface area contributed by atoms with Gasteiger partial charge in [0.25, 0.3) is 0 Å². The minimum atomic E-state index is 0.131. The van der Waals surface area contributed by atoms with E-state index < -0.39 is 0 Å². The van der Waals surface area contributed by atoms with Crippen molar-refractivity contribution in [2.24, 2.45) is 0 Å². The second kappa shape index (κ2) is 13.6. The highest BCUT2D eigenvalue weighted by Gasteiger charge is 1.89. The van der Waals surface area contributed by atoms with Crippen LogP contribution in [-0.4, -0.2) is 38.1 Å². The molecule has 0 bridgehead atoms. The van der Waals surface area contributed by atoms with E-state index in [0.29, 0.717) is 13.2 Å². The Kier molecular flexibility index (Phi) is 13.3. The molecule has 3 heteroatoms. The van der Waals surface area contributed by atoms with E-state index in [1.807, 2.05) is 6.08 Å². The molecule has 0 heterocycles. The molecule has 15 heavy (non-hydrogen) atoms. The summed E-state index contributed by atoms with van der Waals surface area (Å²) in [4.78, 5) is 0. The molecule has 0 saturated heterocycles. The first-order valence-electron chi connectivity index (χ1n) is 5.83. The van der Waals surface area contributed by atoms with Gasteiger partial charge in [-0.15, -0.1) is 0 Å². The summed E-state index contributed by atoms with van der Waals surface area (Å²) in [6.07, 6.45) is 8.02. The Hall–Kier alpha value is -0.380. The largest absolute Gasteiger partial charge is 0.392 e. The first-order valence-corrected chi connectivity index (χ1v) is 5.83. The molecule has 0 atom stereocenters. The summed E-state index contributed by atoms with van der Waals surface area (Å²) in [5.41, 5.74) is 0. The maximum absolute atomic E-state index is 8.48. The smallest absolute Gasteiger partial charge is 0.0700 e. The van der Waals surface area contributed by atoms with Gasteiger partial charge in [-0.2, -0.15) is 0 Å². The van der Waals surface area contributed by atoms with Crippen molar-refractivity contribution >= 4 is 0 Å². The van der Waals surface area contributed by atoms with E-state index in [9.17, 15) is 0 Å². The highest BCUT2D eigenvalue weighted by molar-refractivity contribution is 4.80. The molecule has 0 unspecified atom stereocenters. The minimum Gasteiger partial charge on any atom is -0.392 e. The van der Waals surface area contributed by atoms with Crippen molar-refractivity contribution in [1.29, 1.82) is 0 Å². The Balaban J connectivity index is 2.89. The normalized spacial score (nSPS) is 11.3. The zero-order valence-electron chi connectivity index (χ0n) is 9.78. The highest BCUT2D eigenvalue weighted by atomic mass is 16.5. The third kappa shape index (κ3) is 13.6. The number of aliphatic hydroxyl groups excluding tert-OH is 1. The van der Waals surface area contributed by atoms with Gasteiger partial charge in [-0.1, -0.05) is 25.5 Å². The molecule has 0 aromatic carbocycles. The molecule has 3 nitrogen and oxygen atoms in total. The van der Waals surface area contributed by atoms with E-state index in [2.05, 4.69) is 6.92 Å². The molecule has 1 N–H and O–H groups in total. The van der Waals surface area contributed by atoms with Crippen molar-refractivity contribution in [2.45, 2.75) is 32.6 Å². The van der Waals surface area contributed by atoms with Gasteiger partial charge in [-0.25, -0.2) is 0 Å². The van der Waals surface area contributed by atoms with Crippen LogP contribution >= 0.6 is 0 Å². The fraction of sp³-hybridized carbons (Fsp3) is 0.833. The van der Waals surface area contributed by atoms with Crippen LogP contribution in [0.4, 0.5) is 0 Å². The third-order valence-corrected chi connectivity index (χ3v) is 1.95. The van der Waals surface area contributed by atoms with E-state index in [1.54, 1.807) is 6.08 Å². The van der Waals surface area contributed by atoms with Gasteiger partial charge in [0.2, 0.25) is 0 Å². The van der Waals surface area contributed by atoms with E-state index in [0.717, 1.165) is 32.5 Å². The maximum Gasteiger partial charge on any atom is 0.0700 e. The quantitative estimate of drug-likeness (QED) is 0.425. The topological polar surface area (TPSA) is 38.7 Å². The SMILES string of the molecule is CCCCOCCOCCCC=CCO. The average molecular weight is 216 g/mol. The third-order valence-electron chi connectivity index (χ3n) is 1.95. The van der Waals surface area contributed by atoms with Crippen LogP contribution in [0.5, 0.6) is 0 Å². The standard InChI is InChI=1S/C12H24O3/c1-2-3-9-14-11-12-15-10-7-5-4-6-8-13/h4,6,13H,2-3,5,7-12H2,1H3. The summed E-state index contributed by atoms with van der Waals surface area (Å²) in [5.74, 6) is 0. The number of ether oxygens (including phenoxy) is 2. The number of unbranched alkanes of at least 4 members (excludes halogenated alkanes) is 2. The fourth-order valence-corrected chi connectivity index (χ4v) is 1.06. The van der Waals surface area contributed by atoms with Crippen molar-refractivity contribution in [3.63, 3.8) is 0 Å². The van der Waals surface area contributed by atoms with Crippen molar-refractivity contribution in [1.82, 2.24) is 0 Å². The van der Waals surface area contributed by atoms with Crippen LogP contribution in [0.3, 0.4) is 0 Å². The Morgan fingerprint density at radius 2 is 1.60 bits per heavy atom. The molecule has 0 saturated carbocycles. The maximum atomic E-state index is 8.48. The Bertz CT molecular complexity index is 135. The van der Waals surface area contributed by atoms with Gasteiger partial charge in [0.1, 0.15) is 0 Å². The molecule has 0 amide bonds. The Labute approximate surface area is 93.1 Å². The average Bonchev–Trinajstić information content (AvgIpc) is 2.26. The van der Waals surface area contributed by atoms with Crippen LogP contribution in [0.1, 0.15) is 32.6 Å². The highest BCUT2D eigenvalue weighted by Crippen LogP contribution is 1.92. The number of hydrogen-bond donors (Lipinski definition) is 1. The molecule has 0 aromatic heterocycles. The van der Waals surface area contributed by atoms with Crippen molar-refractivity contribution in [3.05, 3.63) is 12.2 Å². The predicted molar refractivity (Wildman–Crippen MR) is 62.0 cm³/mol. The van der Waals surface area contributed by atoms with Crippen LogP contribution in [0, 0.1) is 0 Å². The van der Waals surface area contributed by atoms with Gasteiger partial charge < -0.3 is 14.6 Å². The van der Waals surface area contributed by atoms with E-state index in [1.165, 1.54) is 6.42 Å². The second-order valence-corrected chi connectivity index (χ2v) is 3.37. The zero-order chi connectivity index (χ0) is 11.2. The van der Waals surface area contributed by atoms with Crippen LogP contribution in [0.25, 0.3) is 0 Å². The van der Waals surface area contributed by atoms with Crippen LogP contribution in [-0.2, 0) is 9.47 Å². The van der Waals surface area contributed by atoms with Gasteiger partial charge in [0.15, 0.2) is 0 Å². The van der Waals surface area contributed by atoms with Gasteiger partial charge in [0.05, 0.1) is 19.8 Å². The van der Waals surface area contributed by atoms with Crippen LogP contribution < -0.4 is 0 Å². The van der Waals surface area contributed by atoms with Crippen LogP contribution in [0.15, 0.2) is 12.2 Å². The second-order valence-electron chi connectivity index (χ2n) is 3.37. The lowest BCUT2D eigenvalue weighted by atomic mass is 10.3. The van der Waals surface area contributed by atoms with Gasteiger partial charge in [-0.3, -0.25) is 0 Å². The zero-order valence-corrected chi connectivity index (χ0v) is 9.78. The molecular formula is C12H24O3. The lowest BCUT2D eigenvalue weighted by molar-refractivity contribution is 0.0461. The Morgan fingerprint density at radius 1 is 0.933 bits per heavy atom. The molecule has 0 radical (unpaired) electrons. The lowest BCUT2D eigenvalue weighted by Gasteiger charge is -2.04. The number of hydrogen-bond acceptors (Lipinski definition) is 3. The summed E-state index contributed by atoms with van der Waals surface area (Å²) in [6.45, 7) is 5.29. The first-order chi connectivity index (χ1) is 7.41. The molecule has 0 fully saturated rings. The van der Waals surface area contributed by atoms with E-state index in [4.69, 9.17) is 14.6 Å².